The maximum atomic E-state index is 12.5. The molecule has 3 rings (SSSR count). The molecule has 0 saturated heterocycles. The summed E-state index contributed by atoms with van der Waals surface area (Å²) in [6.45, 7) is 8.64. The van der Waals surface area contributed by atoms with Gasteiger partial charge in [-0.1, -0.05) is 26.0 Å². The first kappa shape index (κ1) is 29.6. The average Bonchev–Trinajstić information content (AvgIpc) is 2.86. The monoisotopic (exact) mass is 605 g/mol. The van der Waals surface area contributed by atoms with Gasteiger partial charge in [0, 0.05) is 31.0 Å². The highest BCUT2D eigenvalue weighted by molar-refractivity contribution is 9.10. The van der Waals surface area contributed by atoms with Gasteiger partial charge in [-0.3, -0.25) is 0 Å². The van der Waals surface area contributed by atoms with Crippen LogP contribution in [0.15, 0.2) is 58.0 Å². The van der Waals surface area contributed by atoms with Gasteiger partial charge >= 0.3 is 0 Å². The van der Waals surface area contributed by atoms with E-state index < -0.39 is 10.0 Å². The third kappa shape index (κ3) is 8.03. The Morgan fingerprint density at radius 1 is 1.08 bits per heavy atom. The molecular weight excluding hydrogens is 570 g/mol. The number of para-hydroxylation sites is 1. The highest BCUT2D eigenvalue weighted by Crippen LogP contribution is 2.33. The summed E-state index contributed by atoms with van der Waals surface area (Å²) >= 11 is 3.45. The quantitative estimate of drug-likeness (QED) is 0.212. The Kier molecular flexibility index (Phi) is 9.94. The fourth-order valence-electron chi connectivity index (χ4n) is 3.94. The van der Waals surface area contributed by atoms with E-state index in [9.17, 15) is 8.42 Å². The van der Waals surface area contributed by atoms with Crippen LogP contribution in [0.2, 0.25) is 0 Å². The fourth-order valence-corrected chi connectivity index (χ4v) is 5.12. The summed E-state index contributed by atoms with van der Waals surface area (Å²) < 4.78 is 33.7. The highest BCUT2D eigenvalue weighted by atomic mass is 79.9. The van der Waals surface area contributed by atoms with Gasteiger partial charge in [0.2, 0.25) is 16.0 Å². The minimum absolute atomic E-state index is 0.0893. The van der Waals surface area contributed by atoms with Gasteiger partial charge in [0.1, 0.15) is 16.5 Å². The lowest BCUT2D eigenvalue weighted by molar-refractivity contribution is 0.254. The molecule has 0 bridgehead atoms. The first-order chi connectivity index (χ1) is 17.9. The molecule has 0 amide bonds. The van der Waals surface area contributed by atoms with E-state index in [1.165, 1.54) is 13.1 Å². The Balaban J connectivity index is 1.83. The lowest BCUT2D eigenvalue weighted by Gasteiger charge is -2.29. The second kappa shape index (κ2) is 12.7. The molecular formula is C26H36BrN7O3S. The number of ether oxygens (including phenoxy) is 1. The molecule has 0 atom stereocenters. The summed E-state index contributed by atoms with van der Waals surface area (Å²) in [4.78, 5) is 11.2. The van der Waals surface area contributed by atoms with E-state index in [1.807, 2.05) is 25.1 Å². The Morgan fingerprint density at radius 3 is 2.50 bits per heavy atom. The molecule has 0 aliphatic heterocycles. The molecule has 2 aromatic carbocycles. The van der Waals surface area contributed by atoms with Crippen molar-refractivity contribution in [3.05, 3.63) is 53.1 Å². The van der Waals surface area contributed by atoms with E-state index >= 15 is 0 Å². The first-order valence-electron chi connectivity index (χ1n) is 12.2. The van der Waals surface area contributed by atoms with Crippen molar-refractivity contribution < 1.29 is 13.2 Å². The zero-order valence-electron chi connectivity index (χ0n) is 22.6. The number of anilines is 5. The number of hydrogen-bond acceptors (Lipinski definition) is 9. The van der Waals surface area contributed by atoms with Gasteiger partial charge in [-0.2, -0.15) is 4.98 Å². The third-order valence-electron chi connectivity index (χ3n) is 5.49. The molecule has 0 unspecified atom stereocenters. The maximum absolute atomic E-state index is 12.5. The van der Waals surface area contributed by atoms with Gasteiger partial charge < -0.3 is 25.6 Å². The Morgan fingerprint density at radius 2 is 1.82 bits per heavy atom. The predicted molar refractivity (Wildman–Crippen MR) is 157 cm³/mol. The van der Waals surface area contributed by atoms with Crippen LogP contribution in [0.3, 0.4) is 0 Å². The minimum atomic E-state index is -3.67. The van der Waals surface area contributed by atoms with Gasteiger partial charge in [0.25, 0.3) is 0 Å². The summed E-state index contributed by atoms with van der Waals surface area (Å²) in [5.74, 6) is 1.38. The van der Waals surface area contributed by atoms with Gasteiger partial charge in [-0.15, -0.1) is 0 Å². The van der Waals surface area contributed by atoms with E-state index in [4.69, 9.17) is 4.74 Å². The molecule has 0 radical (unpaired) electrons. The van der Waals surface area contributed by atoms with Crippen LogP contribution in [0, 0.1) is 5.41 Å². The topological polar surface area (TPSA) is 121 Å². The zero-order chi connectivity index (χ0) is 27.9. The minimum Gasteiger partial charge on any atom is -0.492 e. The molecule has 4 N–H and O–H groups in total. The standard InChI is InChI=1S/C26H36BrN7O3S/c1-7-37-22-14-18(30-16-26(2,3)17-34(5)6)12-13-20(22)32-25-29-15-19(27)24(33-25)31-21-10-8-9-11-23(21)38(35,36)28-4/h8-15,28,30H,7,16-17H2,1-6H3,(H2,29,31,32,33). The van der Waals surface area contributed by atoms with Crippen LogP contribution in [-0.2, 0) is 10.0 Å². The fraction of sp³-hybridized carbons (Fsp3) is 0.385. The Bertz CT molecular complexity index is 1350. The maximum Gasteiger partial charge on any atom is 0.242 e. The van der Waals surface area contributed by atoms with Gasteiger partial charge in [0.05, 0.1) is 22.5 Å². The Hall–Kier alpha value is -2.93. The van der Waals surface area contributed by atoms with Crippen LogP contribution in [0.4, 0.5) is 28.8 Å². The van der Waals surface area contributed by atoms with Crippen LogP contribution >= 0.6 is 15.9 Å². The number of nitrogens with zero attached hydrogens (tertiary/aromatic N) is 3. The average molecular weight is 607 g/mol. The molecule has 1 heterocycles. The molecule has 38 heavy (non-hydrogen) atoms. The second-order valence-corrected chi connectivity index (χ2v) is 12.5. The predicted octanol–water partition coefficient (Wildman–Crippen LogP) is 5.03. The molecule has 3 aromatic rings. The van der Waals surface area contributed by atoms with Crippen molar-refractivity contribution in [1.82, 2.24) is 19.6 Å². The number of hydrogen-bond donors (Lipinski definition) is 4. The smallest absolute Gasteiger partial charge is 0.242 e. The summed E-state index contributed by atoms with van der Waals surface area (Å²) in [6, 6.07) is 12.4. The van der Waals surface area contributed by atoms with Crippen molar-refractivity contribution in [2.45, 2.75) is 25.7 Å². The van der Waals surface area contributed by atoms with E-state index in [0.29, 0.717) is 40.0 Å². The van der Waals surface area contributed by atoms with E-state index in [-0.39, 0.29) is 10.3 Å². The molecule has 206 valence electrons. The van der Waals surface area contributed by atoms with Crippen molar-refractivity contribution in [1.29, 1.82) is 0 Å². The first-order valence-corrected chi connectivity index (χ1v) is 14.5. The van der Waals surface area contributed by atoms with E-state index in [2.05, 4.69) is 79.4 Å². The van der Waals surface area contributed by atoms with Crippen LogP contribution in [0.25, 0.3) is 0 Å². The van der Waals surface area contributed by atoms with Crippen LogP contribution in [0.5, 0.6) is 5.75 Å². The van der Waals surface area contributed by atoms with Crippen molar-refractivity contribution in [3.63, 3.8) is 0 Å². The largest absolute Gasteiger partial charge is 0.492 e. The SMILES string of the molecule is CCOc1cc(NCC(C)(C)CN(C)C)ccc1Nc1ncc(Br)c(Nc2ccccc2S(=O)(=O)NC)n1. The highest BCUT2D eigenvalue weighted by Gasteiger charge is 2.20. The van der Waals surface area contributed by atoms with Crippen molar-refractivity contribution >= 4 is 54.8 Å². The molecule has 0 aliphatic carbocycles. The number of benzene rings is 2. The molecule has 0 saturated carbocycles. The van der Waals surface area contributed by atoms with Gasteiger partial charge in [-0.25, -0.2) is 18.1 Å². The number of aromatic nitrogens is 2. The number of sulfonamides is 1. The normalized spacial score (nSPS) is 11.9. The molecule has 12 heteroatoms. The second-order valence-electron chi connectivity index (χ2n) is 9.74. The number of nitrogens with one attached hydrogen (secondary N) is 4. The molecule has 0 aliphatic rings. The lowest BCUT2D eigenvalue weighted by atomic mass is 9.93. The summed E-state index contributed by atoms with van der Waals surface area (Å²) in [6.07, 6.45) is 1.59. The zero-order valence-corrected chi connectivity index (χ0v) is 25.0. The summed E-state index contributed by atoms with van der Waals surface area (Å²) in [5.41, 5.74) is 2.13. The molecule has 0 spiro atoms. The van der Waals surface area contributed by atoms with Crippen molar-refractivity contribution in [2.24, 2.45) is 5.41 Å². The van der Waals surface area contributed by atoms with E-state index in [1.54, 1.807) is 24.4 Å². The lowest BCUT2D eigenvalue weighted by Crippen LogP contribution is -2.34. The van der Waals surface area contributed by atoms with Crippen LogP contribution in [0.1, 0.15) is 20.8 Å². The Labute approximate surface area is 233 Å². The number of halogens is 1. The van der Waals surface area contributed by atoms with Crippen molar-refractivity contribution in [2.75, 3.05) is 56.8 Å². The molecule has 0 fully saturated rings. The van der Waals surface area contributed by atoms with Gasteiger partial charge in [-0.05, 0) is 73.7 Å². The third-order valence-corrected chi connectivity index (χ3v) is 7.54. The van der Waals surface area contributed by atoms with E-state index in [0.717, 1.165) is 18.8 Å². The number of rotatable bonds is 13. The summed E-state index contributed by atoms with van der Waals surface area (Å²) in [5, 5.41) is 9.83. The van der Waals surface area contributed by atoms with Crippen LogP contribution < -0.4 is 25.4 Å². The van der Waals surface area contributed by atoms with Gasteiger partial charge in [0.15, 0.2) is 0 Å². The van der Waals surface area contributed by atoms with Crippen LogP contribution in [-0.4, -0.2) is 64.1 Å². The molecule has 10 nitrogen and oxygen atoms in total. The summed E-state index contributed by atoms with van der Waals surface area (Å²) in [7, 11) is 1.85. The molecule has 1 aromatic heterocycles. The van der Waals surface area contributed by atoms with Crippen molar-refractivity contribution in [3.8, 4) is 5.75 Å².